The van der Waals surface area contributed by atoms with Crippen molar-refractivity contribution >= 4 is 44.8 Å². The fraction of sp³-hybridized carbons (Fsp3) is 0.188. The van der Waals surface area contributed by atoms with Gasteiger partial charge in [-0.05, 0) is 42.8 Å². The fourth-order valence-corrected chi connectivity index (χ4v) is 2.43. The predicted octanol–water partition coefficient (Wildman–Crippen LogP) is 4.85. The molecule has 0 bridgehead atoms. The van der Waals surface area contributed by atoms with Crippen LogP contribution in [0.5, 0.6) is 0 Å². The van der Waals surface area contributed by atoms with E-state index in [0.29, 0.717) is 18.0 Å². The van der Waals surface area contributed by atoms with Gasteiger partial charge in [0.25, 0.3) is 0 Å². The minimum absolute atomic E-state index is 0.0390. The highest BCUT2D eigenvalue weighted by atomic mass is 79.9. The lowest BCUT2D eigenvalue weighted by atomic mass is 10.2. The van der Waals surface area contributed by atoms with Crippen molar-refractivity contribution in [2.75, 3.05) is 17.2 Å². The molecule has 0 aromatic heterocycles. The lowest BCUT2D eigenvalue weighted by Gasteiger charge is -2.10. The number of nitrogens with one attached hydrogen (secondary N) is 2. The molecule has 0 radical (unpaired) electrons. The highest BCUT2D eigenvalue weighted by Crippen LogP contribution is 2.20. The smallest absolute Gasteiger partial charge is 0.226 e. The van der Waals surface area contributed by atoms with E-state index in [-0.39, 0.29) is 5.91 Å². The van der Waals surface area contributed by atoms with Crippen molar-refractivity contribution in [1.82, 2.24) is 0 Å². The van der Waals surface area contributed by atoms with Crippen LogP contribution in [0, 0.1) is 6.92 Å². The van der Waals surface area contributed by atoms with Gasteiger partial charge in [0.1, 0.15) is 0 Å². The minimum Gasteiger partial charge on any atom is -0.384 e. The van der Waals surface area contributed by atoms with Gasteiger partial charge in [-0.1, -0.05) is 39.7 Å². The first-order chi connectivity index (χ1) is 10.0. The monoisotopic (exact) mass is 366 g/mol. The summed E-state index contributed by atoms with van der Waals surface area (Å²) in [6.45, 7) is 2.51. The molecule has 0 aliphatic heterocycles. The van der Waals surface area contributed by atoms with Crippen LogP contribution in [-0.2, 0) is 4.79 Å². The number of carbonyl (C=O) groups is 1. The van der Waals surface area contributed by atoms with Crippen molar-refractivity contribution in [2.24, 2.45) is 0 Å². The number of anilines is 2. The van der Waals surface area contributed by atoms with Crippen LogP contribution in [0.1, 0.15) is 12.0 Å². The van der Waals surface area contributed by atoms with Crippen molar-refractivity contribution in [1.29, 1.82) is 0 Å². The first kappa shape index (κ1) is 15.9. The summed E-state index contributed by atoms with van der Waals surface area (Å²) >= 11 is 9.34. The van der Waals surface area contributed by atoms with E-state index < -0.39 is 0 Å². The van der Waals surface area contributed by atoms with Crippen LogP contribution in [0.15, 0.2) is 46.9 Å². The third kappa shape index (κ3) is 5.06. The van der Waals surface area contributed by atoms with Crippen LogP contribution >= 0.6 is 27.5 Å². The lowest BCUT2D eigenvalue weighted by Crippen LogP contribution is -2.16. The molecule has 2 aromatic rings. The predicted molar refractivity (Wildman–Crippen MR) is 92.1 cm³/mol. The molecule has 2 N–H and O–H groups in total. The Kier molecular flexibility index (Phi) is 5.65. The SMILES string of the molecule is Cc1ccc(Cl)cc1NC(=O)CCNc1cccc(Br)c1. The van der Waals surface area contributed by atoms with E-state index in [2.05, 4.69) is 26.6 Å². The van der Waals surface area contributed by atoms with Gasteiger partial charge in [0.2, 0.25) is 5.91 Å². The molecule has 2 rings (SSSR count). The summed E-state index contributed by atoms with van der Waals surface area (Å²) in [4.78, 5) is 11.9. The molecular formula is C16H16BrClN2O. The molecule has 21 heavy (non-hydrogen) atoms. The molecule has 0 aliphatic rings. The number of amides is 1. The van der Waals surface area contributed by atoms with E-state index in [1.165, 1.54) is 0 Å². The number of rotatable bonds is 5. The number of carbonyl (C=O) groups excluding carboxylic acids is 1. The molecule has 3 nitrogen and oxygen atoms in total. The molecule has 2 aromatic carbocycles. The number of hydrogen-bond acceptors (Lipinski definition) is 2. The van der Waals surface area contributed by atoms with Crippen LogP contribution in [-0.4, -0.2) is 12.5 Å². The van der Waals surface area contributed by atoms with Gasteiger partial charge in [0.15, 0.2) is 0 Å². The third-order valence-electron chi connectivity index (χ3n) is 2.98. The minimum atomic E-state index is -0.0390. The molecule has 1 amide bonds. The van der Waals surface area contributed by atoms with Gasteiger partial charge >= 0.3 is 0 Å². The Morgan fingerprint density at radius 2 is 2.05 bits per heavy atom. The largest absolute Gasteiger partial charge is 0.384 e. The molecule has 0 atom stereocenters. The molecule has 0 spiro atoms. The average Bonchev–Trinajstić information content (AvgIpc) is 2.43. The first-order valence-corrected chi connectivity index (χ1v) is 7.77. The Labute approximate surface area is 137 Å². The standard InChI is InChI=1S/C16H16BrClN2O/c1-11-5-6-13(18)10-15(11)20-16(21)7-8-19-14-4-2-3-12(17)9-14/h2-6,9-10,19H,7-8H2,1H3,(H,20,21). The highest BCUT2D eigenvalue weighted by Gasteiger charge is 2.05. The Bertz CT molecular complexity index is 646. The van der Waals surface area contributed by atoms with E-state index in [4.69, 9.17) is 11.6 Å². The van der Waals surface area contributed by atoms with Gasteiger partial charge in [0.05, 0.1) is 0 Å². The second kappa shape index (κ2) is 7.48. The van der Waals surface area contributed by atoms with Gasteiger partial charge in [-0.25, -0.2) is 0 Å². The summed E-state index contributed by atoms with van der Waals surface area (Å²) < 4.78 is 1.01. The van der Waals surface area contributed by atoms with E-state index in [9.17, 15) is 4.79 Å². The van der Waals surface area contributed by atoms with Crippen molar-refractivity contribution in [3.8, 4) is 0 Å². The van der Waals surface area contributed by atoms with Gasteiger partial charge in [0, 0.05) is 33.8 Å². The normalized spacial score (nSPS) is 10.2. The molecule has 0 saturated heterocycles. The van der Waals surface area contributed by atoms with Gasteiger partial charge in [-0.2, -0.15) is 0 Å². The first-order valence-electron chi connectivity index (χ1n) is 6.60. The summed E-state index contributed by atoms with van der Waals surface area (Å²) in [6, 6.07) is 13.3. The summed E-state index contributed by atoms with van der Waals surface area (Å²) in [6.07, 6.45) is 0.387. The summed E-state index contributed by atoms with van der Waals surface area (Å²) in [5.41, 5.74) is 2.73. The molecule has 0 aliphatic carbocycles. The molecule has 0 unspecified atom stereocenters. The highest BCUT2D eigenvalue weighted by molar-refractivity contribution is 9.10. The maximum Gasteiger partial charge on any atom is 0.226 e. The molecule has 0 heterocycles. The third-order valence-corrected chi connectivity index (χ3v) is 3.71. The van der Waals surface area contributed by atoms with Crippen molar-refractivity contribution < 1.29 is 4.79 Å². The van der Waals surface area contributed by atoms with Gasteiger partial charge in [-0.3, -0.25) is 4.79 Å². The molecule has 0 fully saturated rings. The lowest BCUT2D eigenvalue weighted by molar-refractivity contribution is -0.115. The summed E-state index contributed by atoms with van der Waals surface area (Å²) in [5.74, 6) is -0.0390. The Balaban J connectivity index is 1.84. The van der Waals surface area contributed by atoms with E-state index in [1.54, 1.807) is 12.1 Å². The maximum atomic E-state index is 11.9. The van der Waals surface area contributed by atoms with E-state index in [0.717, 1.165) is 21.4 Å². The summed E-state index contributed by atoms with van der Waals surface area (Å²) in [7, 11) is 0. The van der Waals surface area contributed by atoms with E-state index in [1.807, 2.05) is 37.3 Å². The zero-order valence-electron chi connectivity index (χ0n) is 11.6. The molecular weight excluding hydrogens is 352 g/mol. The quantitative estimate of drug-likeness (QED) is 0.793. The van der Waals surface area contributed by atoms with Crippen molar-refractivity contribution in [3.05, 3.63) is 57.5 Å². The number of aryl methyl sites for hydroxylation is 1. The second-order valence-corrected chi connectivity index (χ2v) is 6.05. The van der Waals surface area contributed by atoms with Crippen LogP contribution < -0.4 is 10.6 Å². The van der Waals surface area contributed by atoms with Crippen LogP contribution in [0.25, 0.3) is 0 Å². The Morgan fingerprint density at radius 1 is 1.24 bits per heavy atom. The molecule has 0 saturated carbocycles. The van der Waals surface area contributed by atoms with Crippen LogP contribution in [0.4, 0.5) is 11.4 Å². The zero-order valence-corrected chi connectivity index (χ0v) is 14.0. The van der Waals surface area contributed by atoms with Gasteiger partial charge in [-0.15, -0.1) is 0 Å². The van der Waals surface area contributed by atoms with Crippen LogP contribution in [0.3, 0.4) is 0 Å². The van der Waals surface area contributed by atoms with E-state index >= 15 is 0 Å². The fourth-order valence-electron chi connectivity index (χ4n) is 1.86. The average molecular weight is 368 g/mol. The summed E-state index contributed by atoms with van der Waals surface area (Å²) in [5, 5.41) is 6.70. The van der Waals surface area contributed by atoms with Crippen molar-refractivity contribution in [3.63, 3.8) is 0 Å². The second-order valence-electron chi connectivity index (χ2n) is 4.69. The molecule has 110 valence electrons. The Morgan fingerprint density at radius 3 is 2.81 bits per heavy atom. The maximum absolute atomic E-state index is 11.9. The number of halogens is 2. The Hall–Kier alpha value is -1.52. The van der Waals surface area contributed by atoms with Gasteiger partial charge < -0.3 is 10.6 Å². The molecule has 5 heteroatoms. The topological polar surface area (TPSA) is 41.1 Å². The number of benzene rings is 2. The van der Waals surface area contributed by atoms with Crippen LogP contribution in [0.2, 0.25) is 5.02 Å². The number of hydrogen-bond donors (Lipinski definition) is 2. The zero-order chi connectivity index (χ0) is 15.2. The van der Waals surface area contributed by atoms with Crippen molar-refractivity contribution in [2.45, 2.75) is 13.3 Å².